The molecule has 0 saturated heterocycles. The second-order valence-corrected chi connectivity index (χ2v) is 8.21. The quantitative estimate of drug-likeness (QED) is 0.472. The van der Waals surface area contributed by atoms with E-state index in [4.69, 9.17) is 21.3 Å². The van der Waals surface area contributed by atoms with Gasteiger partial charge in [-0.15, -0.1) is 10.2 Å². The van der Waals surface area contributed by atoms with E-state index >= 15 is 0 Å². The molecule has 1 aliphatic rings. The molecule has 0 amide bonds. The van der Waals surface area contributed by atoms with E-state index in [1.807, 2.05) is 49.4 Å². The van der Waals surface area contributed by atoms with Crippen molar-refractivity contribution in [1.29, 1.82) is 0 Å². The van der Waals surface area contributed by atoms with Gasteiger partial charge < -0.3 is 9.53 Å². The lowest BCUT2D eigenvalue weighted by Gasteiger charge is -2.14. The van der Waals surface area contributed by atoms with Crippen LogP contribution in [0.5, 0.6) is 5.75 Å². The van der Waals surface area contributed by atoms with Crippen LogP contribution >= 0.6 is 11.6 Å². The van der Waals surface area contributed by atoms with E-state index in [0.29, 0.717) is 11.4 Å². The van der Waals surface area contributed by atoms with Crippen LogP contribution in [0.2, 0.25) is 5.02 Å². The summed E-state index contributed by atoms with van der Waals surface area (Å²) >= 11 is 6.14. The number of fused-ring (bicyclic) bond motifs is 3. The number of aliphatic imine (C=N–C) groups is 1. The Balaban J connectivity index is 1.85. The molecule has 4 rings (SSSR count). The van der Waals surface area contributed by atoms with Crippen LogP contribution in [-0.4, -0.2) is 33.4 Å². The molecule has 0 spiro atoms. The summed E-state index contributed by atoms with van der Waals surface area (Å²) in [5.74, 6) is 2.59. The fourth-order valence-corrected chi connectivity index (χ4v) is 4.07. The Labute approximate surface area is 186 Å². The van der Waals surface area contributed by atoms with E-state index in [0.717, 1.165) is 59.2 Å². The zero-order chi connectivity index (χ0) is 22.0. The molecule has 2 aromatic carbocycles. The highest BCUT2D eigenvalue weighted by Crippen LogP contribution is 2.35. The molecule has 0 bridgehead atoms. The number of hydrogen-bond donors (Lipinski definition) is 0. The zero-order valence-corrected chi connectivity index (χ0v) is 18.7. The molecule has 6 nitrogen and oxygen atoms in total. The normalized spacial score (nSPS) is 15.0. The van der Waals surface area contributed by atoms with E-state index in [1.165, 1.54) is 0 Å². The Kier molecular flexibility index (Phi) is 6.18. The minimum Gasteiger partial charge on any atom is -0.497 e. The molecule has 1 aromatic heterocycles. The molecule has 0 aliphatic carbocycles. The van der Waals surface area contributed by atoms with Gasteiger partial charge in [0.05, 0.1) is 18.5 Å². The van der Waals surface area contributed by atoms with Crippen LogP contribution in [-0.2, 0) is 4.79 Å². The average Bonchev–Trinajstić information content (AvgIpc) is 3.08. The van der Waals surface area contributed by atoms with Crippen molar-refractivity contribution < 1.29 is 9.53 Å². The van der Waals surface area contributed by atoms with Crippen molar-refractivity contribution in [2.75, 3.05) is 7.11 Å². The number of unbranched alkanes of at least 4 members (excludes halogenated alkanes) is 1. The van der Waals surface area contributed by atoms with Gasteiger partial charge in [-0.1, -0.05) is 30.2 Å². The minimum absolute atomic E-state index is 0.169. The third kappa shape index (κ3) is 4.39. The zero-order valence-electron chi connectivity index (χ0n) is 17.9. The Morgan fingerprint density at radius 1 is 1.13 bits per heavy atom. The molecule has 0 fully saturated rings. The van der Waals surface area contributed by atoms with Crippen molar-refractivity contribution in [3.05, 3.63) is 70.3 Å². The van der Waals surface area contributed by atoms with Gasteiger partial charge in [0, 0.05) is 22.6 Å². The first kappa shape index (κ1) is 21.2. The molecule has 1 unspecified atom stereocenters. The number of carbonyl (C=O) groups is 1. The van der Waals surface area contributed by atoms with E-state index in [9.17, 15) is 4.79 Å². The first-order chi connectivity index (χ1) is 15.0. The highest BCUT2D eigenvalue weighted by atomic mass is 35.5. The monoisotopic (exact) mass is 436 g/mol. The summed E-state index contributed by atoms with van der Waals surface area (Å²) in [6.07, 6.45) is 3.09. The SMILES string of the molecule is COc1ccc2c(c1)C(c1ccc(Cl)cc1)=NC(CCCCC(C)=O)c1nnc(C)n1-2. The third-order valence-corrected chi connectivity index (χ3v) is 5.76. The van der Waals surface area contributed by atoms with Crippen molar-refractivity contribution >= 4 is 23.1 Å². The number of hydrogen-bond acceptors (Lipinski definition) is 5. The van der Waals surface area contributed by atoms with Crippen molar-refractivity contribution in [2.45, 2.75) is 45.6 Å². The maximum absolute atomic E-state index is 11.3. The number of rotatable bonds is 7. The summed E-state index contributed by atoms with van der Waals surface area (Å²) in [4.78, 5) is 16.5. The summed E-state index contributed by atoms with van der Waals surface area (Å²) in [7, 11) is 1.66. The number of ether oxygens (including phenoxy) is 1. The maximum Gasteiger partial charge on any atom is 0.162 e. The predicted octanol–water partition coefficient (Wildman–Crippen LogP) is 5.28. The highest BCUT2D eigenvalue weighted by Gasteiger charge is 2.28. The largest absolute Gasteiger partial charge is 0.497 e. The molecular formula is C24H25ClN4O2. The second kappa shape index (κ2) is 9.02. The van der Waals surface area contributed by atoms with Crippen molar-refractivity contribution in [3.8, 4) is 11.4 Å². The predicted molar refractivity (Wildman–Crippen MR) is 122 cm³/mol. The van der Waals surface area contributed by atoms with Crippen molar-refractivity contribution in [1.82, 2.24) is 14.8 Å². The number of Topliss-reactive ketones (excluding diaryl/α,β-unsaturated/α-hetero) is 1. The number of aromatic nitrogens is 3. The lowest BCUT2D eigenvalue weighted by Crippen LogP contribution is -2.08. The number of methoxy groups -OCH3 is 1. The molecule has 0 radical (unpaired) electrons. The number of halogens is 1. The van der Waals surface area contributed by atoms with Gasteiger partial charge in [-0.25, -0.2) is 0 Å². The number of aryl methyl sites for hydroxylation is 1. The summed E-state index contributed by atoms with van der Waals surface area (Å²) in [5, 5.41) is 9.50. The van der Waals surface area contributed by atoms with E-state index in [2.05, 4.69) is 14.8 Å². The minimum atomic E-state index is -0.169. The van der Waals surface area contributed by atoms with E-state index in [-0.39, 0.29) is 11.8 Å². The number of carbonyl (C=O) groups excluding carboxylic acids is 1. The van der Waals surface area contributed by atoms with Gasteiger partial charge in [0.1, 0.15) is 23.4 Å². The second-order valence-electron chi connectivity index (χ2n) is 7.77. The van der Waals surface area contributed by atoms with Gasteiger partial charge in [0.25, 0.3) is 0 Å². The molecule has 1 atom stereocenters. The highest BCUT2D eigenvalue weighted by molar-refractivity contribution is 6.30. The number of ketones is 1. The van der Waals surface area contributed by atoms with Gasteiger partial charge in [-0.05, 0) is 57.0 Å². The standard InChI is InChI=1S/C24H25ClN4O2/c1-15(30)6-4-5-7-21-24-28-27-16(2)29(24)22-13-12-19(31-3)14-20(22)23(26-21)17-8-10-18(25)11-9-17/h8-14,21H,4-7H2,1-3H3. The van der Waals surface area contributed by atoms with Gasteiger partial charge in [0.15, 0.2) is 5.82 Å². The molecule has 1 aliphatic heterocycles. The van der Waals surface area contributed by atoms with Gasteiger partial charge in [0.2, 0.25) is 0 Å². The number of benzene rings is 2. The van der Waals surface area contributed by atoms with Crippen LogP contribution in [0, 0.1) is 6.92 Å². The molecule has 2 heterocycles. The first-order valence-corrected chi connectivity index (χ1v) is 10.8. The topological polar surface area (TPSA) is 69.4 Å². The lowest BCUT2D eigenvalue weighted by molar-refractivity contribution is -0.117. The van der Waals surface area contributed by atoms with Crippen LogP contribution in [0.25, 0.3) is 5.69 Å². The molecule has 7 heteroatoms. The molecule has 31 heavy (non-hydrogen) atoms. The summed E-state index contributed by atoms with van der Waals surface area (Å²) in [6, 6.07) is 13.5. The molecule has 0 N–H and O–H groups in total. The molecule has 160 valence electrons. The van der Waals surface area contributed by atoms with Crippen LogP contribution in [0.4, 0.5) is 0 Å². The van der Waals surface area contributed by atoms with E-state index in [1.54, 1.807) is 14.0 Å². The Morgan fingerprint density at radius 3 is 2.61 bits per heavy atom. The van der Waals surface area contributed by atoms with Crippen LogP contribution in [0.15, 0.2) is 47.5 Å². The Hall–Kier alpha value is -2.99. The fraction of sp³-hybridized carbons (Fsp3) is 0.333. The summed E-state index contributed by atoms with van der Waals surface area (Å²) in [5.41, 5.74) is 3.77. The van der Waals surface area contributed by atoms with Crippen molar-refractivity contribution in [2.24, 2.45) is 4.99 Å². The van der Waals surface area contributed by atoms with Gasteiger partial charge >= 0.3 is 0 Å². The molecular weight excluding hydrogens is 412 g/mol. The van der Waals surface area contributed by atoms with Crippen LogP contribution in [0.3, 0.4) is 0 Å². The smallest absolute Gasteiger partial charge is 0.162 e. The molecule has 3 aromatic rings. The fourth-order valence-electron chi connectivity index (χ4n) is 3.95. The summed E-state index contributed by atoms with van der Waals surface area (Å²) < 4.78 is 7.58. The van der Waals surface area contributed by atoms with Gasteiger partial charge in [-0.2, -0.15) is 0 Å². The average molecular weight is 437 g/mol. The third-order valence-electron chi connectivity index (χ3n) is 5.51. The summed E-state index contributed by atoms with van der Waals surface area (Å²) in [6.45, 7) is 3.58. The Morgan fingerprint density at radius 2 is 1.90 bits per heavy atom. The number of nitrogens with zero attached hydrogens (tertiary/aromatic N) is 4. The maximum atomic E-state index is 11.3. The Bertz CT molecular complexity index is 1130. The van der Waals surface area contributed by atoms with Crippen LogP contribution < -0.4 is 4.74 Å². The van der Waals surface area contributed by atoms with Crippen molar-refractivity contribution in [3.63, 3.8) is 0 Å². The molecule has 0 saturated carbocycles. The lowest BCUT2D eigenvalue weighted by atomic mass is 9.99. The van der Waals surface area contributed by atoms with Gasteiger partial charge in [-0.3, -0.25) is 9.56 Å². The van der Waals surface area contributed by atoms with Crippen LogP contribution in [0.1, 0.15) is 61.4 Å². The first-order valence-electron chi connectivity index (χ1n) is 10.4. The van der Waals surface area contributed by atoms with E-state index < -0.39 is 0 Å².